The van der Waals surface area contributed by atoms with Gasteiger partial charge in [-0.05, 0) is 34.1 Å². The number of carbonyl (C=O) groups is 1. The van der Waals surface area contributed by atoms with Crippen molar-refractivity contribution in [3.63, 3.8) is 0 Å². The Balaban J connectivity index is 2.30. The van der Waals surface area contributed by atoms with Crippen molar-refractivity contribution in [3.05, 3.63) is 52.1 Å². The first kappa shape index (κ1) is 14.4. The van der Waals surface area contributed by atoms with Crippen LogP contribution in [0.3, 0.4) is 0 Å². The van der Waals surface area contributed by atoms with Crippen LogP contribution in [0, 0.1) is 11.6 Å². The van der Waals surface area contributed by atoms with Gasteiger partial charge in [0.05, 0.1) is 11.3 Å². The number of benzene rings is 1. The topological polar surface area (TPSA) is 80.0 Å². The van der Waals surface area contributed by atoms with Crippen molar-refractivity contribution in [1.82, 2.24) is 4.98 Å². The van der Waals surface area contributed by atoms with Gasteiger partial charge in [-0.1, -0.05) is 0 Å². The van der Waals surface area contributed by atoms with E-state index < -0.39 is 17.5 Å². The highest BCUT2D eigenvalue weighted by Gasteiger charge is 2.15. The summed E-state index contributed by atoms with van der Waals surface area (Å²) in [6, 6.07) is 4.32. The molecule has 0 bridgehead atoms. The Morgan fingerprint density at radius 2 is 2.05 bits per heavy atom. The van der Waals surface area contributed by atoms with E-state index in [1.165, 1.54) is 12.3 Å². The molecule has 104 valence electrons. The minimum Gasteiger partial charge on any atom is -0.319 e. The van der Waals surface area contributed by atoms with Crippen molar-refractivity contribution in [2.45, 2.75) is 0 Å². The van der Waals surface area contributed by atoms with Crippen molar-refractivity contribution in [3.8, 4) is 0 Å². The minimum atomic E-state index is -0.872. The summed E-state index contributed by atoms with van der Waals surface area (Å²) in [4.78, 5) is 16.0. The van der Waals surface area contributed by atoms with E-state index in [0.717, 1.165) is 12.1 Å². The number of hydrazine groups is 1. The maximum atomic E-state index is 13.5. The van der Waals surface area contributed by atoms with Crippen LogP contribution >= 0.6 is 15.9 Å². The van der Waals surface area contributed by atoms with E-state index in [0.29, 0.717) is 10.5 Å². The second-order valence-corrected chi connectivity index (χ2v) is 4.69. The van der Waals surface area contributed by atoms with Gasteiger partial charge < -0.3 is 10.7 Å². The predicted octanol–water partition coefficient (Wildman–Crippen LogP) is 2.66. The lowest BCUT2D eigenvalue weighted by Crippen LogP contribution is -2.19. The van der Waals surface area contributed by atoms with Crippen LogP contribution in [-0.2, 0) is 0 Å². The number of nitrogens with two attached hydrogens (primary N) is 1. The quantitative estimate of drug-likeness (QED) is 0.591. The molecule has 0 atom stereocenters. The Labute approximate surface area is 121 Å². The SMILES string of the molecule is NNc1ncc(Br)cc1C(=O)Nc1ccc(F)cc1F. The van der Waals surface area contributed by atoms with Crippen molar-refractivity contribution < 1.29 is 13.6 Å². The number of pyridine rings is 1. The Morgan fingerprint density at radius 1 is 1.30 bits per heavy atom. The van der Waals surface area contributed by atoms with E-state index in [1.54, 1.807) is 0 Å². The zero-order valence-corrected chi connectivity index (χ0v) is 11.5. The van der Waals surface area contributed by atoms with Gasteiger partial charge in [0, 0.05) is 16.7 Å². The summed E-state index contributed by atoms with van der Waals surface area (Å²) in [5, 5.41) is 2.32. The second kappa shape index (κ2) is 5.93. The number of nitrogens with one attached hydrogen (secondary N) is 2. The fourth-order valence-corrected chi connectivity index (χ4v) is 1.84. The van der Waals surface area contributed by atoms with Crippen molar-refractivity contribution in [2.24, 2.45) is 5.84 Å². The number of hydrogen-bond acceptors (Lipinski definition) is 4. The first-order chi connectivity index (χ1) is 9.51. The van der Waals surface area contributed by atoms with Crippen LogP contribution in [0.4, 0.5) is 20.3 Å². The van der Waals surface area contributed by atoms with Crippen LogP contribution in [0.5, 0.6) is 0 Å². The monoisotopic (exact) mass is 342 g/mol. The number of hydrogen-bond donors (Lipinski definition) is 3. The van der Waals surface area contributed by atoms with Crippen LogP contribution in [0.15, 0.2) is 34.9 Å². The lowest BCUT2D eigenvalue weighted by molar-refractivity contribution is 0.102. The molecule has 20 heavy (non-hydrogen) atoms. The molecule has 2 aromatic rings. The van der Waals surface area contributed by atoms with Gasteiger partial charge in [-0.15, -0.1) is 0 Å². The third-order valence-corrected chi connectivity index (χ3v) is 2.85. The van der Waals surface area contributed by atoms with E-state index in [9.17, 15) is 13.6 Å². The van der Waals surface area contributed by atoms with Crippen LogP contribution < -0.4 is 16.6 Å². The number of rotatable bonds is 3. The molecule has 1 aromatic heterocycles. The Kier molecular flexibility index (Phi) is 4.26. The van der Waals surface area contributed by atoms with E-state index in [-0.39, 0.29) is 17.1 Å². The molecule has 2 rings (SSSR count). The highest BCUT2D eigenvalue weighted by atomic mass is 79.9. The summed E-state index contributed by atoms with van der Waals surface area (Å²) in [5.41, 5.74) is 2.24. The van der Waals surface area contributed by atoms with Crippen LogP contribution in [0.1, 0.15) is 10.4 Å². The molecule has 0 fully saturated rings. The Hall–Kier alpha value is -2.06. The number of halogens is 3. The van der Waals surface area contributed by atoms with Gasteiger partial charge in [0.1, 0.15) is 11.6 Å². The van der Waals surface area contributed by atoms with Crippen molar-refractivity contribution >= 4 is 33.3 Å². The molecule has 0 saturated heterocycles. The van der Waals surface area contributed by atoms with Crippen LogP contribution in [0.2, 0.25) is 0 Å². The number of carbonyl (C=O) groups excluding carboxylic acids is 1. The lowest BCUT2D eigenvalue weighted by Gasteiger charge is -2.10. The summed E-state index contributed by atoms with van der Waals surface area (Å²) in [6.07, 6.45) is 1.45. The maximum Gasteiger partial charge on any atom is 0.259 e. The zero-order chi connectivity index (χ0) is 14.7. The third-order valence-electron chi connectivity index (χ3n) is 2.42. The molecule has 4 N–H and O–H groups in total. The predicted molar refractivity (Wildman–Crippen MR) is 74.1 cm³/mol. The highest BCUT2D eigenvalue weighted by molar-refractivity contribution is 9.10. The molecule has 8 heteroatoms. The molecule has 0 aliphatic rings. The van der Waals surface area contributed by atoms with Gasteiger partial charge in [0.25, 0.3) is 5.91 Å². The number of amides is 1. The summed E-state index contributed by atoms with van der Waals surface area (Å²) in [6.45, 7) is 0. The van der Waals surface area contributed by atoms with Crippen molar-refractivity contribution in [1.29, 1.82) is 0 Å². The van der Waals surface area contributed by atoms with Gasteiger partial charge in [0.15, 0.2) is 5.82 Å². The first-order valence-electron chi connectivity index (χ1n) is 5.40. The largest absolute Gasteiger partial charge is 0.319 e. The molecule has 0 saturated carbocycles. The van der Waals surface area contributed by atoms with Crippen LogP contribution in [0.25, 0.3) is 0 Å². The Bertz CT molecular complexity index is 666. The van der Waals surface area contributed by atoms with E-state index >= 15 is 0 Å². The maximum absolute atomic E-state index is 13.5. The molecule has 5 nitrogen and oxygen atoms in total. The summed E-state index contributed by atoms with van der Waals surface area (Å²) < 4.78 is 26.8. The van der Waals surface area contributed by atoms with Crippen molar-refractivity contribution in [2.75, 3.05) is 10.7 Å². The third kappa shape index (κ3) is 3.09. The van der Waals surface area contributed by atoms with Gasteiger partial charge in [0.2, 0.25) is 0 Å². The van der Waals surface area contributed by atoms with Crippen LogP contribution in [-0.4, -0.2) is 10.9 Å². The van der Waals surface area contributed by atoms with E-state index in [4.69, 9.17) is 5.84 Å². The number of anilines is 2. The molecule has 0 aliphatic heterocycles. The van der Waals surface area contributed by atoms with Gasteiger partial charge in [-0.2, -0.15) is 0 Å². The van der Waals surface area contributed by atoms with Gasteiger partial charge >= 0.3 is 0 Å². The molecule has 0 unspecified atom stereocenters. The minimum absolute atomic E-state index is 0.116. The lowest BCUT2D eigenvalue weighted by atomic mass is 10.2. The molecule has 1 amide bonds. The second-order valence-electron chi connectivity index (χ2n) is 3.77. The molecular formula is C12H9BrF2N4O. The molecule has 0 spiro atoms. The summed E-state index contributed by atoms with van der Waals surface area (Å²) in [5.74, 6) is 3.16. The fraction of sp³-hybridized carbons (Fsp3) is 0. The smallest absolute Gasteiger partial charge is 0.259 e. The average Bonchev–Trinajstić information content (AvgIpc) is 2.41. The summed E-state index contributed by atoms with van der Waals surface area (Å²) >= 11 is 3.17. The number of nitrogens with zero attached hydrogens (tertiary/aromatic N) is 1. The first-order valence-corrected chi connectivity index (χ1v) is 6.19. The zero-order valence-electron chi connectivity index (χ0n) is 9.95. The fourth-order valence-electron chi connectivity index (χ4n) is 1.51. The molecule has 1 aromatic carbocycles. The van der Waals surface area contributed by atoms with Gasteiger partial charge in [-0.3, -0.25) is 4.79 Å². The number of aromatic nitrogens is 1. The normalized spacial score (nSPS) is 10.2. The van der Waals surface area contributed by atoms with E-state index in [1.807, 2.05) is 0 Å². The molecule has 0 aliphatic carbocycles. The van der Waals surface area contributed by atoms with E-state index in [2.05, 4.69) is 31.7 Å². The summed E-state index contributed by atoms with van der Waals surface area (Å²) in [7, 11) is 0. The highest BCUT2D eigenvalue weighted by Crippen LogP contribution is 2.20. The molecular weight excluding hydrogens is 334 g/mol. The standard InChI is InChI=1S/C12H9BrF2N4O/c13-6-3-8(11(19-16)17-5-6)12(20)18-10-2-1-7(14)4-9(10)15/h1-5H,16H2,(H,17,19)(H,18,20). The Morgan fingerprint density at radius 3 is 2.70 bits per heavy atom. The molecule has 1 heterocycles. The number of nitrogen functional groups attached to an aromatic ring is 1. The average molecular weight is 343 g/mol. The van der Waals surface area contributed by atoms with Gasteiger partial charge in [-0.25, -0.2) is 19.6 Å². The molecule has 0 radical (unpaired) electrons.